The van der Waals surface area contributed by atoms with Gasteiger partial charge in [-0.25, -0.2) is 0 Å². The van der Waals surface area contributed by atoms with E-state index < -0.39 is 5.97 Å². The molecule has 0 aliphatic rings. The summed E-state index contributed by atoms with van der Waals surface area (Å²) in [6.45, 7) is 2.22. The van der Waals surface area contributed by atoms with Crippen molar-refractivity contribution >= 4 is 11.9 Å². The van der Waals surface area contributed by atoms with E-state index in [0.717, 1.165) is 12.0 Å². The van der Waals surface area contributed by atoms with Crippen molar-refractivity contribution in [2.75, 3.05) is 13.2 Å². The number of hydrogen-bond donors (Lipinski definition) is 1. The lowest BCUT2D eigenvalue weighted by molar-refractivity contribution is -0.148. The van der Waals surface area contributed by atoms with Crippen molar-refractivity contribution < 1.29 is 18.8 Å². The molecule has 0 fully saturated rings. The molecule has 1 amide bonds. The van der Waals surface area contributed by atoms with Gasteiger partial charge < -0.3 is 14.6 Å². The molecule has 0 aliphatic carbocycles. The summed E-state index contributed by atoms with van der Waals surface area (Å²) in [4.78, 5) is 27.9. The predicted molar refractivity (Wildman–Crippen MR) is 107 cm³/mol. The van der Waals surface area contributed by atoms with Crippen molar-refractivity contribution in [2.45, 2.75) is 26.2 Å². The summed E-state index contributed by atoms with van der Waals surface area (Å²) in [5, 5.41) is 6.65. The van der Waals surface area contributed by atoms with Crippen molar-refractivity contribution in [1.29, 1.82) is 0 Å². The maximum Gasteiger partial charge on any atom is 0.306 e. The van der Waals surface area contributed by atoms with Gasteiger partial charge >= 0.3 is 5.97 Å². The lowest BCUT2D eigenvalue weighted by Gasteiger charge is -2.08. The fraction of sp³-hybridized carbons (Fsp3) is 0.273. The average molecular weight is 393 g/mol. The van der Waals surface area contributed by atoms with Crippen molar-refractivity contribution in [2.24, 2.45) is 0 Å². The number of nitrogens with one attached hydrogen (secondary N) is 1. The third-order valence-electron chi connectivity index (χ3n) is 4.39. The molecule has 0 saturated heterocycles. The highest BCUT2D eigenvalue weighted by Crippen LogP contribution is 2.15. The number of aromatic nitrogens is 2. The van der Waals surface area contributed by atoms with Gasteiger partial charge in [0, 0.05) is 18.5 Å². The quantitative estimate of drug-likeness (QED) is 0.562. The standard InChI is InChI=1S/C22H23N3O4/c1-16-7-5-6-8-17(16)13-14-23-19(26)15-28-21(27)12-11-20-24-22(25-29-20)18-9-3-2-4-10-18/h2-10H,11-15H2,1H3,(H,23,26). The second-order valence-corrected chi connectivity index (χ2v) is 6.56. The first-order chi connectivity index (χ1) is 14.1. The summed E-state index contributed by atoms with van der Waals surface area (Å²) in [5.74, 6) is 0.0140. The van der Waals surface area contributed by atoms with Gasteiger partial charge in [-0.2, -0.15) is 4.98 Å². The summed E-state index contributed by atoms with van der Waals surface area (Å²) in [7, 11) is 0. The number of carbonyl (C=O) groups excluding carboxylic acids is 2. The van der Waals surface area contributed by atoms with E-state index in [-0.39, 0.29) is 25.4 Å². The van der Waals surface area contributed by atoms with Gasteiger partial charge in [0.2, 0.25) is 11.7 Å². The first-order valence-electron chi connectivity index (χ1n) is 9.46. The minimum atomic E-state index is -0.487. The Morgan fingerprint density at radius 1 is 1.03 bits per heavy atom. The molecular weight excluding hydrogens is 370 g/mol. The number of ether oxygens (including phenoxy) is 1. The lowest BCUT2D eigenvalue weighted by atomic mass is 10.1. The highest BCUT2D eigenvalue weighted by molar-refractivity contribution is 5.80. The van der Waals surface area contributed by atoms with Gasteiger partial charge in [0.15, 0.2) is 6.61 Å². The predicted octanol–water partition coefficient (Wildman–Crippen LogP) is 2.88. The Bertz CT molecular complexity index is 953. The fourth-order valence-corrected chi connectivity index (χ4v) is 2.77. The lowest BCUT2D eigenvalue weighted by Crippen LogP contribution is -2.30. The number of carbonyl (C=O) groups is 2. The van der Waals surface area contributed by atoms with Crippen molar-refractivity contribution in [3.05, 3.63) is 71.6 Å². The summed E-state index contributed by atoms with van der Waals surface area (Å²) >= 11 is 0. The number of benzene rings is 2. The number of rotatable bonds is 9. The van der Waals surface area contributed by atoms with Gasteiger partial charge in [0.1, 0.15) is 0 Å². The largest absolute Gasteiger partial charge is 0.456 e. The van der Waals surface area contributed by atoms with Gasteiger partial charge in [-0.05, 0) is 24.5 Å². The molecule has 29 heavy (non-hydrogen) atoms. The Balaban J connectivity index is 1.34. The van der Waals surface area contributed by atoms with Crippen LogP contribution in [0.5, 0.6) is 0 Å². The average Bonchev–Trinajstić information content (AvgIpc) is 3.22. The van der Waals surface area contributed by atoms with E-state index in [2.05, 4.69) is 15.5 Å². The molecule has 1 heterocycles. The molecule has 2 aromatic carbocycles. The Labute approximate surface area is 169 Å². The van der Waals surface area contributed by atoms with E-state index in [9.17, 15) is 9.59 Å². The van der Waals surface area contributed by atoms with Gasteiger partial charge in [-0.1, -0.05) is 59.8 Å². The van der Waals surface area contributed by atoms with Crippen molar-refractivity contribution in [1.82, 2.24) is 15.5 Å². The number of amides is 1. The number of aryl methyl sites for hydroxylation is 2. The minimum Gasteiger partial charge on any atom is -0.456 e. The molecule has 1 aromatic heterocycles. The van der Waals surface area contributed by atoms with E-state index in [1.165, 1.54) is 11.1 Å². The number of nitrogens with zero attached hydrogens (tertiary/aromatic N) is 2. The van der Waals surface area contributed by atoms with Gasteiger partial charge in [-0.15, -0.1) is 0 Å². The number of esters is 1. The van der Waals surface area contributed by atoms with E-state index >= 15 is 0 Å². The van der Waals surface area contributed by atoms with Crippen LogP contribution in [0.1, 0.15) is 23.4 Å². The highest BCUT2D eigenvalue weighted by Gasteiger charge is 2.12. The smallest absolute Gasteiger partial charge is 0.306 e. The molecule has 0 spiro atoms. The van der Waals surface area contributed by atoms with E-state index in [0.29, 0.717) is 18.3 Å². The summed E-state index contributed by atoms with van der Waals surface area (Å²) in [6.07, 6.45) is 1.05. The van der Waals surface area contributed by atoms with Crippen LogP contribution in [0.15, 0.2) is 59.1 Å². The fourth-order valence-electron chi connectivity index (χ4n) is 2.77. The zero-order valence-corrected chi connectivity index (χ0v) is 16.3. The molecule has 7 nitrogen and oxygen atoms in total. The zero-order chi connectivity index (χ0) is 20.5. The summed E-state index contributed by atoms with van der Waals surface area (Å²) < 4.78 is 10.2. The second kappa shape index (κ2) is 10.2. The van der Waals surface area contributed by atoms with E-state index in [1.807, 2.05) is 61.5 Å². The normalized spacial score (nSPS) is 10.5. The number of hydrogen-bond acceptors (Lipinski definition) is 6. The minimum absolute atomic E-state index is 0.0624. The van der Waals surface area contributed by atoms with Crippen LogP contribution in [0.4, 0.5) is 0 Å². The molecule has 0 radical (unpaired) electrons. The first-order valence-corrected chi connectivity index (χ1v) is 9.46. The molecule has 3 rings (SSSR count). The summed E-state index contributed by atoms with van der Waals surface area (Å²) in [6, 6.07) is 17.4. The van der Waals surface area contributed by atoms with Gasteiger partial charge in [0.05, 0.1) is 6.42 Å². The Hall–Kier alpha value is -3.48. The maximum atomic E-state index is 11.8. The van der Waals surface area contributed by atoms with Crippen LogP contribution in [0.2, 0.25) is 0 Å². The first kappa shape index (κ1) is 20.3. The van der Waals surface area contributed by atoms with Crippen LogP contribution in [-0.2, 0) is 27.2 Å². The topological polar surface area (TPSA) is 94.3 Å². The third kappa shape index (κ3) is 6.27. The zero-order valence-electron chi connectivity index (χ0n) is 16.3. The van der Waals surface area contributed by atoms with E-state index in [1.54, 1.807) is 0 Å². The van der Waals surface area contributed by atoms with Crippen LogP contribution in [0.3, 0.4) is 0 Å². The van der Waals surface area contributed by atoms with Crippen LogP contribution in [0.25, 0.3) is 11.4 Å². The van der Waals surface area contributed by atoms with Gasteiger partial charge in [0.25, 0.3) is 5.91 Å². The second-order valence-electron chi connectivity index (χ2n) is 6.56. The van der Waals surface area contributed by atoms with Crippen molar-refractivity contribution in [3.8, 4) is 11.4 Å². The molecule has 3 aromatic rings. The molecule has 0 atom stereocenters. The van der Waals surface area contributed by atoms with Crippen LogP contribution in [0, 0.1) is 6.92 Å². The molecule has 0 aliphatic heterocycles. The van der Waals surface area contributed by atoms with Crippen LogP contribution in [-0.4, -0.2) is 35.2 Å². The third-order valence-corrected chi connectivity index (χ3v) is 4.39. The SMILES string of the molecule is Cc1ccccc1CCNC(=O)COC(=O)CCc1nc(-c2ccccc2)no1. The van der Waals surface area contributed by atoms with Crippen molar-refractivity contribution in [3.63, 3.8) is 0 Å². The molecule has 7 heteroatoms. The molecule has 0 saturated carbocycles. The van der Waals surface area contributed by atoms with Gasteiger partial charge in [-0.3, -0.25) is 9.59 Å². The van der Waals surface area contributed by atoms with Crippen LogP contribution < -0.4 is 5.32 Å². The molecular formula is C22H23N3O4. The Morgan fingerprint density at radius 3 is 2.59 bits per heavy atom. The maximum absolute atomic E-state index is 11.8. The molecule has 0 unspecified atom stereocenters. The Morgan fingerprint density at radius 2 is 1.79 bits per heavy atom. The molecule has 150 valence electrons. The molecule has 1 N–H and O–H groups in total. The highest BCUT2D eigenvalue weighted by atomic mass is 16.5. The molecule has 0 bridgehead atoms. The Kier molecular flexibility index (Phi) is 7.10. The monoisotopic (exact) mass is 393 g/mol. The summed E-state index contributed by atoms with van der Waals surface area (Å²) in [5.41, 5.74) is 3.20. The van der Waals surface area contributed by atoms with Crippen LogP contribution >= 0.6 is 0 Å². The van der Waals surface area contributed by atoms with E-state index in [4.69, 9.17) is 9.26 Å².